The van der Waals surface area contributed by atoms with Crippen molar-refractivity contribution in [1.29, 1.82) is 0 Å². The van der Waals surface area contributed by atoms with Crippen LogP contribution in [-0.4, -0.2) is 67.9 Å². The smallest absolute Gasteiger partial charge is 0.251 e. The number of hydrogen-bond acceptors (Lipinski definition) is 5. The minimum atomic E-state index is -3.70. The Balaban J connectivity index is 3.02. The molecule has 0 aliphatic rings. The molecule has 28 heavy (non-hydrogen) atoms. The molecule has 0 unspecified atom stereocenters. The normalized spacial score (nSPS) is 13.3. The standard InChI is InChI=1S/C19H34N4O4S/c1-7-23(8-2)28(26,27)17-9-10-19(25)22(13-17)14-18(24)20-16(11-15(3)4)12-21(5)6/h9-10,13,15-16H,7-8,11-12,14H2,1-6H3,(H,20,24)/t16-/m1/s1. The van der Waals surface area contributed by atoms with E-state index >= 15 is 0 Å². The highest BCUT2D eigenvalue weighted by molar-refractivity contribution is 7.89. The monoisotopic (exact) mass is 414 g/mol. The molecule has 0 bridgehead atoms. The van der Waals surface area contributed by atoms with Crippen LogP contribution < -0.4 is 10.9 Å². The van der Waals surface area contributed by atoms with Gasteiger partial charge in [-0.2, -0.15) is 4.31 Å². The summed E-state index contributed by atoms with van der Waals surface area (Å²) in [7, 11) is 0.176. The lowest BCUT2D eigenvalue weighted by Gasteiger charge is -2.24. The minimum Gasteiger partial charge on any atom is -0.351 e. The van der Waals surface area contributed by atoms with Crippen LogP contribution in [0.4, 0.5) is 0 Å². The third-order valence-corrected chi connectivity index (χ3v) is 6.35. The van der Waals surface area contributed by atoms with E-state index in [2.05, 4.69) is 19.2 Å². The molecule has 0 fully saturated rings. The zero-order chi connectivity index (χ0) is 21.5. The molecule has 0 spiro atoms. The van der Waals surface area contributed by atoms with Crippen LogP contribution in [0.2, 0.25) is 0 Å². The third-order valence-electron chi connectivity index (χ3n) is 4.32. The van der Waals surface area contributed by atoms with E-state index in [4.69, 9.17) is 0 Å². The number of amides is 1. The summed E-state index contributed by atoms with van der Waals surface area (Å²) in [6.07, 6.45) is 2.06. The average Bonchev–Trinajstić information content (AvgIpc) is 2.56. The number of aromatic nitrogens is 1. The molecule has 1 aromatic heterocycles. The summed E-state index contributed by atoms with van der Waals surface area (Å²) in [5.74, 6) is 0.0995. The number of sulfonamides is 1. The minimum absolute atomic E-state index is 0.00984. The number of pyridine rings is 1. The van der Waals surface area contributed by atoms with Gasteiger partial charge >= 0.3 is 0 Å². The molecule has 1 atom stereocenters. The van der Waals surface area contributed by atoms with Gasteiger partial charge in [-0.05, 0) is 32.5 Å². The second-order valence-electron chi connectivity index (χ2n) is 7.58. The van der Waals surface area contributed by atoms with Crippen molar-refractivity contribution in [1.82, 2.24) is 19.1 Å². The van der Waals surface area contributed by atoms with Gasteiger partial charge in [-0.3, -0.25) is 9.59 Å². The number of nitrogens with one attached hydrogen (secondary N) is 1. The zero-order valence-corrected chi connectivity index (χ0v) is 18.6. The van der Waals surface area contributed by atoms with E-state index in [1.165, 1.54) is 22.6 Å². The van der Waals surface area contributed by atoms with Gasteiger partial charge in [-0.15, -0.1) is 0 Å². The Morgan fingerprint density at radius 1 is 1.18 bits per heavy atom. The topological polar surface area (TPSA) is 91.7 Å². The lowest BCUT2D eigenvalue weighted by Crippen LogP contribution is -2.44. The van der Waals surface area contributed by atoms with Crippen molar-refractivity contribution in [2.75, 3.05) is 33.7 Å². The van der Waals surface area contributed by atoms with Gasteiger partial charge in [0.2, 0.25) is 15.9 Å². The number of carbonyl (C=O) groups excluding carboxylic acids is 1. The molecule has 0 aromatic carbocycles. The van der Waals surface area contributed by atoms with Crippen LogP contribution in [0.1, 0.15) is 34.1 Å². The summed E-state index contributed by atoms with van der Waals surface area (Å²) >= 11 is 0. The predicted octanol–water partition coefficient (Wildman–Crippen LogP) is 0.971. The van der Waals surface area contributed by atoms with Crippen molar-refractivity contribution >= 4 is 15.9 Å². The molecule has 8 nitrogen and oxygen atoms in total. The maximum absolute atomic E-state index is 12.7. The Morgan fingerprint density at radius 2 is 1.79 bits per heavy atom. The van der Waals surface area contributed by atoms with Crippen LogP contribution in [0.25, 0.3) is 0 Å². The Labute approximate surface area is 168 Å². The summed E-state index contributed by atoms with van der Waals surface area (Å²) in [5.41, 5.74) is -0.415. The summed E-state index contributed by atoms with van der Waals surface area (Å²) in [6.45, 7) is 8.81. The first-order valence-corrected chi connectivity index (χ1v) is 11.1. The molecule has 1 N–H and O–H groups in total. The largest absolute Gasteiger partial charge is 0.351 e. The SMILES string of the molecule is CCN(CC)S(=O)(=O)c1ccc(=O)n(CC(=O)N[C@H](CC(C)C)CN(C)C)c1. The predicted molar refractivity (Wildman–Crippen MR) is 111 cm³/mol. The average molecular weight is 415 g/mol. The highest BCUT2D eigenvalue weighted by Gasteiger charge is 2.23. The molecular formula is C19H34N4O4S. The van der Waals surface area contributed by atoms with E-state index in [0.717, 1.165) is 11.0 Å². The molecule has 1 amide bonds. The van der Waals surface area contributed by atoms with Gasteiger partial charge in [0.15, 0.2) is 0 Å². The second-order valence-corrected chi connectivity index (χ2v) is 9.51. The molecule has 0 radical (unpaired) electrons. The quantitative estimate of drug-likeness (QED) is 0.583. The molecular weight excluding hydrogens is 380 g/mol. The van der Waals surface area contributed by atoms with Crippen molar-refractivity contribution in [3.8, 4) is 0 Å². The van der Waals surface area contributed by atoms with E-state index < -0.39 is 15.6 Å². The lowest BCUT2D eigenvalue weighted by molar-refractivity contribution is -0.122. The molecule has 0 saturated heterocycles. The van der Waals surface area contributed by atoms with E-state index in [1.54, 1.807) is 13.8 Å². The number of nitrogens with zero attached hydrogens (tertiary/aromatic N) is 3. The van der Waals surface area contributed by atoms with Crippen LogP contribution in [-0.2, 0) is 21.4 Å². The fourth-order valence-electron chi connectivity index (χ4n) is 3.12. The molecule has 1 aromatic rings. The fourth-order valence-corrected chi connectivity index (χ4v) is 4.59. The number of carbonyl (C=O) groups is 1. The van der Waals surface area contributed by atoms with Gasteiger partial charge in [0, 0.05) is 37.9 Å². The lowest BCUT2D eigenvalue weighted by atomic mass is 10.0. The molecule has 0 saturated carbocycles. The number of likely N-dealkylation sites (N-methyl/N-ethyl adjacent to an activating group) is 1. The van der Waals surface area contributed by atoms with Crippen molar-refractivity contribution in [3.05, 3.63) is 28.7 Å². The van der Waals surface area contributed by atoms with Gasteiger partial charge in [-0.25, -0.2) is 8.42 Å². The van der Waals surface area contributed by atoms with Crippen molar-refractivity contribution in [3.63, 3.8) is 0 Å². The van der Waals surface area contributed by atoms with Crippen LogP contribution in [0.3, 0.4) is 0 Å². The second kappa shape index (κ2) is 10.7. The Kier molecular flexibility index (Phi) is 9.32. The van der Waals surface area contributed by atoms with Gasteiger partial charge in [0.25, 0.3) is 5.56 Å². The van der Waals surface area contributed by atoms with Crippen molar-refractivity contribution in [2.24, 2.45) is 5.92 Å². The Hall–Kier alpha value is -1.71. The molecule has 1 heterocycles. The molecule has 9 heteroatoms. The molecule has 160 valence electrons. The van der Waals surface area contributed by atoms with Gasteiger partial charge < -0.3 is 14.8 Å². The first-order valence-electron chi connectivity index (χ1n) is 9.65. The number of hydrogen-bond donors (Lipinski definition) is 1. The van der Waals surface area contributed by atoms with Gasteiger partial charge in [0.05, 0.1) is 4.90 Å². The van der Waals surface area contributed by atoms with Crippen molar-refractivity contribution < 1.29 is 13.2 Å². The Bertz CT molecular complexity index is 788. The highest BCUT2D eigenvalue weighted by Crippen LogP contribution is 2.13. The highest BCUT2D eigenvalue weighted by atomic mass is 32.2. The van der Waals surface area contributed by atoms with E-state index in [-0.39, 0.29) is 23.4 Å². The Morgan fingerprint density at radius 3 is 2.29 bits per heavy atom. The first-order chi connectivity index (χ1) is 13.0. The zero-order valence-electron chi connectivity index (χ0n) is 17.8. The summed E-state index contributed by atoms with van der Waals surface area (Å²) in [5, 5.41) is 2.96. The first kappa shape index (κ1) is 24.3. The third kappa shape index (κ3) is 7.03. The summed E-state index contributed by atoms with van der Waals surface area (Å²) in [4.78, 5) is 26.7. The summed E-state index contributed by atoms with van der Waals surface area (Å²) in [6, 6.07) is 2.44. The van der Waals surface area contributed by atoms with E-state index in [0.29, 0.717) is 25.6 Å². The van der Waals surface area contributed by atoms with Crippen molar-refractivity contribution in [2.45, 2.75) is 51.6 Å². The maximum Gasteiger partial charge on any atom is 0.251 e. The number of rotatable bonds is 11. The van der Waals surface area contributed by atoms with E-state index in [1.807, 2.05) is 19.0 Å². The van der Waals surface area contributed by atoms with Crippen LogP contribution in [0.15, 0.2) is 28.0 Å². The van der Waals surface area contributed by atoms with Crippen LogP contribution >= 0.6 is 0 Å². The van der Waals surface area contributed by atoms with Gasteiger partial charge in [0.1, 0.15) is 6.54 Å². The molecule has 0 aliphatic carbocycles. The summed E-state index contributed by atoms with van der Waals surface area (Å²) < 4.78 is 27.8. The fraction of sp³-hybridized carbons (Fsp3) is 0.684. The molecule has 0 aliphatic heterocycles. The van der Waals surface area contributed by atoms with Gasteiger partial charge in [-0.1, -0.05) is 27.7 Å². The molecule has 1 rings (SSSR count). The van der Waals surface area contributed by atoms with Crippen LogP contribution in [0, 0.1) is 5.92 Å². The van der Waals surface area contributed by atoms with Crippen LogP contribution in [0.5, 0.6) is 0 Å². The van der Waals surface area contributed by atoms with E-state index in [9.17, 15) is 18.0 Å². The maximum atomic E-state index is 12.7.